The van der Waals surface area contributed by atoms with E-state index in [2.05, 4.69) is 39.4 Å². The van der Waals surface area contributed by atoms with Gasteiger partial charge in [-0.15, -0.1) is 0 Å². The molecule has 0 aromatic carbocycles. The van der Waals surface area contributed by atoms with Gasteiger partial charge in [0.2, 0.25) is 0 Å². The molecule has 0 amide bonds. The van der Waals surface area contributed by atoms with Crippen molar-refractivity contribution in [3.8, 4) is 0 Å². The highest BCUT2D eigenvalue weighted by molar-refractivity contribution is 5.80. The molecule has 0 bridgehead atoms. The number of pyridine rings is 1. The third kappa shape index (κ3) is 7.53. The first kappa shape index (κ1) is 23.6. The number of hydrogen-bond acceptors (Lipinski definition) is 5. The van der Waals surface area contributed by atoms with Gasteiger partial charge in [-0.3, -0.25) is 4.90 Å². The number of ether oxygens (including phenoxy) is 1. The van der Waals surface area contributed by atoms with Crippen LogP contribution < -0.4 is 15.5 Å². The number of aromatic nitrogens is 1. The number of rotatable bonds is 6. The summed E-state index contributed by atoms with van der Waals surface area (Å²) in [5, 5.41) is 6.43. The van der Waals surface area contributed by atoms with Gasteiger partial charge in [-0.25, -0.2) is 9.98 Å². The minimum Gasteiger partial charge on any atom is -0.372 e. The highest BCUT2D eigenvalue weighted by Crippen LogP contribution is 2.20. The van der Waals surface area contributed by atoms with Crippen LogP contribution in [0.25, 0.3) is 0 Å². The molecule has 2 aliphatic rings. The van der Waals surface area contributed by atoms with E-state index in [0.717, 1.165) is 24.5 Å². The molecule has 2 saturated heterocycles. The third-order valence-electron chi connectivity index (χ3n) is 5.33. The molecule has 2 N–H and O–H groups in total. The van der Waals surface area contributed by atoms with Gasteiger partial charge in [0.15, 0.2) is 5.96 Å². The molecule has 0 aliphatic carbocycles. The van der Waals surface area contributed by atoms with Crippen molar-refractivity contribution in [1.29, 1.82) is 0 Å². The van der Waals surface area contributed by atoms with Gasteiger partial charge in [0.25, 0.3) is 0 Å². The maximum Gasteiger partial charge on any atom is 0.401 e. The number of aliphatic imine (C=N–C) groups is 1. The van der Waals surface area contributed by atoms with Crippen molar-refractivity contribution in [2.75, 3.05) is 44.2 Å². The van der Waals surface area contributed by atoms with E-state index in [1.165, 1.54) is 4.90 Å². The van der Waals surface area contributed by atoms with Gasteiger partial charge in [0.1, 0.15) is 5.82 Å². The molecule has 174 valence electrons. The fraction of sp³-hybridized carbons (Fsp3) is 0.714. The summed E-state index contributed by atoms with van der Waals surface area (Å²) >= 11 is 0. The van der Waals surface area contributed by atoms with E-state index in [0.29, 0.717) is 38.6 Å². The molecule has 0 spiro atoms. The molecule has 0 saturated carbocycles. The number of halogens is 3. The van der Waals surface area contributed by atoms with Crippen molar-refractivity contribution in [3.63, 3.8) is 0 Å². The lowest BCUT2D eigenvalue weighted by atomic mass is 10.2. The molecular formula is C21H33F3N6O. The van der Waals surface area contributed by atoms with Crippen molar-refractivity contribution >= 4 is 11.8 Å². The van der Waals surface area contributed by atoms with E-state index < -0.39 is 12.7 Å². The van der Waals surface area contributed by atoms with Crippen LogP contribution in [0.2, 0.25) is 0 Å². The van der Waals surface area contributed by atoms with Crippen LogP contribution in [0.15, 0.2) is 23.3 Å². The predicted molar refractivity (Wildman–Crippen MR) is 115 cm³/mol. The Labute approximate surface area is 182 Å². The van der Waals surface area contributed by atoms with E-state index in [-0.39, 0.29) is 18.2 Å². The second-order valence-corrected chi connectivity index (χ2v) is 8.36. The number of nitrogens with one attached hydrogen (secondary N) is 2. The maximum atomic E-state index is 12.6. The Morgan fingerprint density at radius 1 is 1.23 bits per heavy atom. The van der Waals surface area contributed by atoms with E-state index in [4.69, 9.17) is 4.74 Å². The Morgan fingerprint density at radius 2 is 1.97 bits per heavy atom. The Morgan fingerprint density at radius 3 is 2.58 bits per heavy atom. The molecule has 0 radical (unpaired) electrons. The Hall–Kier alpha value is -2.07. The fourth-order valence-corrected chi connectivity index (χ4v) is 4.09. The molecule has 1 aromatic rings. The van der Waals surface area contributed by atoms with E-state index in [9.17, 15) is 13.2 Å². The molecule has 3 atom stereocenters. The molecule has 3 rings (SSSR count). The Balaban J connectivity index is 1.54. The molecule has 7 nitrogen and oxygen atoms in total. The second-order valence-electron chi connectivity index (χ2n) is 8.36. The lowest BCUT2D eigenvalue weighted by molar-refractivity contribution is -0.143. The largest absolute Gasteiger partial charge is 0.401 e. The summed E-state index contributed by atoms with van der Waals surface area (Å²) in [6.45, 7) is 8.76. The van der Waals surface area contributed by atoms with Crippen LogP contribution in [0.5, 0.6) is 0 Å². The number of anilines is 1. The summed E-state index contributed by atoms with van der Waals surface area (Å²) in [5.41, 5.74) is 0.973. The van der Waals surface area contributed by atoms with Gasteiger partial charge < -0.3 is 20.3 Å². The summed E-state index contributed by atoms with van der Waals surface area (Å²) in [4.78, 5) is 12.8. The van der Waals surface area contributed by atoms with Gasteiger partial charge in [-0.2, -0.15) is 13.2 Å². The van der Waals surface area contributed by atoms with Gasteiger partial charge in [0.05, 0.1) is 25.3 Å². The molecule has 3 unspecified atom stereocenters. The summed E-state index contributed by atoms with van der Waals surface area (Å²) in [7, 11) is 0. The highest BCUT2D eigenvalue weighted by Gasteiger charge is 2.34. The van der Waals surface area contributed by atoms with E-state index in [1.807, 2.05) is 25.3 Å². The molecule has 10 heteroatoms. The second kappa shape index (κ2) is 10.5. The lowest BCUT2D eigenvalue weighted by Gasteiger charge is -2.36. The highest BCUT2D eigenvalue weighted by atomic mass is 19.4. The molecule has 31 heavy (non-hydrogen) atoms. The van der Waals surface area contributed by atoms with Crippen LogP contribution in [0, 0.1) is 0 Å². The molecule has 2 fully saturated rings. The normalized spacial score (nSPS) is 25.7. The number of nitrogens with zero attached hydrogens (tertiary/aromatic N) is 4. The first-order chi connectivity index (χ1) is 14.7. The Bertz CT molecular complexity index is 717. The lowest BCUT2D eigenvalue weighted by Crippen LogP contribution is -2.45. The van der Waals surface area contributed by atoms with Gasteiger partial charge in [0, 0.05) is 45.0 Å². The first-order valence-corrected chi connectivity index (χ1v) is 10.9. The summed E-state index contributed by atoms with van der Waals surface area (Å²) < 4.78 is 43.6. The summed E-state index contributed by atoms with van der Waals surface area (Å²) in [5.74, 6) is 1.54. The average Bonchev–Trinajstić information content (AvgIpc) is 3.11. The zero-order valence-corrected chi connectivity index (χ0v) is 18.5. The van der Waals surface area contributed by atoms with Crippen molar-refractivity contribution < 1.29 is 17.9 Å². The minimum atomic E-state index is -4.16. The van der Waals surface area contributed by atoms with Crippen molar-refractivity contribution in [1.82, 2.24) is 20.5 Å². The minimum absolute atomic E-state index is 0.0500. The smallest absolute Gasteiger partial charge is 0.372 e. The molecule has 2 aliphatic heterocycles. The zero-order chi connectivity index (χ0) is 22.4. The summed E-state index contributed by atoms with van der Waals surface area (Å²) in [6.07, 6.45) is -1.33. The quantitative estimate of drug-likeness (QED) is 0.521. The average molecular weight is 443 g/mol. The van der Waals surface area contributed by atoms with Gasteiger partial charge in [-0.05, 0) is 38.8 Å². The number of likely N-dealkylation sites (tertiary alicyclic amines) is 1. The standard InChI is InChI=1S/C21H33F3N6O/c1-4-25-20(28-18-7-8-29(13-18)14-21(22,23)24)27-10-17-5-6-19(26-9-17)30-11-15(2)31-16(3)12-30/h5-6,9,15-16,18H,4,7-8,10-14H2,1-3H3,(H2,25,27,28). The van der Waals surface area contributed by atoms with E-state index >= 15 is 0 Å². The monoisotopic (exact) mass is 442 g/mol. The van der Waals surface area contributed by atoms with Crippen molar-refractivity contribution in [3.05, 3.63) is 23.9 Å². The zero-order valence-electron chi connectivity index (χ0n) is 18.5. The topological polar surface area (TPSA) is 65.0 Å². The van der Waals surface area contributed by atoms with Crippen LogP contribution >= 0.6 is 0 Å². The Kier molecular flexibility index (Phi) is 7.99. The summed E-state index contributed by atoms with van der Waals surface area (Å²) in [6, 6.07) is 3.97. The van der Waals surface area contributed by atoms with Crippen LogP contribution in [0.3, 0.4) is 0 Å². The van der Waals surface area contributed by atoms with Crippen LogP contribution in [-0.4, -0.2) is 79.5 Å². The van der Waals surface area contributed by atoms with Crippen molar-refractivity contribution in [2.24, 2.45) is 4.99 Å². The number of hydrogen-bond donors (Lipinski definition) is 2. The first-order valence-electron chi connectivity index (χ1n) is 10.9. The molecule has 1 aromatic heterocycles. The predicted octanol–water partition coefficient (Wildman–Crippen LogP) is 2.39. The maximum absolute atomic E-state index is 12.6. The van der Waals surface area contributed by atoms with E-state index in [1.54, 1.807) is 0 Å². The number of guanidine groups is 1. The number of alkyl halides is 3. The van der Waals surface area contributed by atoms with Gasteiger partial charge in [-0.1, -0.05) is 6.07 Å². The third-order valence-corrected chi connectivity index (χ3v) is 5.33. The van der Waals surface area contributed by atoms with Crippen LogP contribution in [0.4, 0.5) is 19.0 Å². The molecule has 3 heterocycles. The molecular weight excluding hydrogens is 409 g/mol. The van der Waals surface area contributed by atoms with Gasteiger partial charge >= 0.3 is 6.18 Å². The van der Waals surface area contributed by atoms with Crippen LogP contribution in [-0.2, 0) is 11.3 Å². The fourth-order valence-electron chi connectivity index (χ4n) is 4.09. The SMILES string of the molecule is CCNC(=NCc1ccc(N2CC(C)OC(C)C2)nc1)NC1CCN(CC(F)(F)F)C1. The van der Waals surface area contributed by atoms with Crippen molar-refractivity contribution in [2.45, 2.75) is 58.2 Å². The number of morpholine rings is 1. The van der Waals surface area contributed by atoms with Crippen LogP contribution in [0.1, 0.15) is 32.8 Å².